The number of fused-ring (bicyclic) bond motifs is 2. The van der Waals surface area contributed by atoms with Crippen molar-refractivity contribution < 1.29 is 4.74 Å². The maximum atomic E-state index is 5.81. The van der Waals surface area contributed by atoms with Crippen molar-refractivity contribution in [1.82, 2.24) is 10.2 Å². The van der Waals surface area contributed by atoms with E-state index in [0.29, 0.717) is 18.2 Å². The summed E-state index contributed by atoms with van der Waals surface area (Å²) in [5, 5.41) is 13.9. The first-order valence-electron chi connectivity index (χ1n) is 6.09. The monoisotopic (exact) mass is 239 g/mol. The van der Waals surface area contributed by atoms with Crippen molar-refractivity contribution in [3.63, 3.8) is 0 Å². The number of hydrogen-bond acceptors (Lipinski definition) is 5. The molecule has 3 atom stereocenters. The van der Waals surface area contributed by atoms with E-state index in [1.54, 1.807) is 11.3 Å². The van der Waals surface area contributed by atoms with Gasteiger partial charge in [0.1, 0.15) is 5.01 Å². The highest BCUT2D eigenvalue weighted by Crippen LogP contribution is 2.36. The molecule has 16 heavy (non-hydrogen) atoms. The summed E-state index contributed by atoms with van der Waals surface area (Å²) >= 11 is 1.68. The van der Waals surface area contributed by atoms with E-state index in [-0.39, 0.29) is 0 Å². The van der Waals surface area contributed by atoms with E-state index in [0.717, 1.165) is 29.4 Å². The van der Waals surface area contributed by atoms with Crippen LogP contribution >= 0.6 is 11.3 Å². The minimum absolute atomic E-state index is 0.406. The number of anilines is 1. The zero-order valence-corrected chi connectivity index (χ0v) is 10.3. The van der Waals surface area contributed by atoms with Gasteiger partial charge < -0.3 is 10.1 Å². The van der Waals surface area contributed by atoms with Gasteiger partial charge in [0.05, 0.1) is 18.2 Å². The second-order valence-electron chi connectivity index (χ2n) is 4.61. The molecular weight excluding hydrogens is 222 g/mol. The lowest BCUT2D eigenvalue weighted by atomic mass is 9.96. The van der Waals surface area contributed by atoms with E-state index in [1.807, 2.05) is 0 Å². The Morgan fingerprint density at radius 1 is 1.44 bits per heavy atom. The first kappa shape index (κ1) is 10.5. The van der Waals surface area contributed by atoms with Crippen LogP contribution in [-0.4, -0.2) is 28.4 Å². The Balaban J connectivity index is 1.61. The van der Waals surface area contributed by atoms with Crippen LogP contribution < -0.4 is 5.32 Å². The lowest BCUT2D eigenvalue weighted by molar-refractivity contribution is 0.102. The van der Waals surface area contributed by atoms with Gasteiger partial charge in [0.25, 0.3) is 0 Å². The number of aryl methyl sites for hydroxylation is 1. The number of hydrogen-bond donors (Lipinski definition) is 1. The second kappa shape index (κ2) is 4.30. The normalized spacial score (nSPS) is 32.2. The number of nitrogens with zero attached hydrogens (tertiary/aromatic N) is 2. The zero-order valence-electron chi connectivity index (χ0n) is 9.48. The summed E-state index contributed by atoms with van der Waals surface area (Å²) in [6.07, 6.45) is 6.63. The van der Waals surface area contributed by atoms with Crippen LogP contribution in [0.5, 0.6) is 0 Å². The second-order valence-corrected chi connectivity index (χ2v) is 5.67. The fourth-order valence-electron chi connectivity index (χ4n) is 2.58. The third-order valence-electron chi connectivity index (χ3n) is 3.35. The standard InChI is InChI=1S/C11H17N3OS/c1-2-3-10-13-14-11(16-10)12-8-6-7-4-5-9(8)15-7/h7-9H,2-6H2,1H3,(H,12,14). The Morgan fingerprint density at radius 3 is 3.06 bits per heavy atom. The van der Waals surface area contributed by atoms with Crippen LogP contribution in [0.4, 0.5) is 5.13 Å². The number of rotatable bonds is 4. The molecule has 3 heterocycles. The molecular formula is C11H17N3OS. The van der Waals surface area contributed by atoms with Crippen molar-refractivity contribution in [1.29, 1.82) is 0 Å². The molecule has 2 aliphatic heterocycles. The molecule has 0 spiro atoms. The van der Waals surface area contributed by atoms with Gasteiger partial charge in [0.15, 0.2) is 0 Å². The third kappa shape index (κ3) is 1.94. The molecule has 4 nitrogen and oxygen atoms in total. The largest absolute Gasteiger partial charge is 0.373 e. The molecule has 88 valence electrons. The summed E-state index contributed by atoms with van der Waals surface area (Å²) in [7, 11) is 0. The maximum Gasteiger partial charge on any atom is 0.205 e. The van der Waals surface area contributed by atoms with Gasteiger partial charge in [-0.2, -0.15) is 0 Å². The van der Waals surface area contributed by atoms with E-state index in [1.165, 1.54) is 12.8 Å². The average Bonchev–Trinajstić information content (AvgIpc) is 2.95. The topological polar surface area (TPSA) is 47.0 Å². The molecule has 3 unspecified atom stereocenters. The molecule has 1 N–H and O–H groups in total. The SMILES string of the molecule is CCCc1nnc(NC2CC3CCC2O3)s1. The van der Waals surface area contributed by atoms with Gasteiger partial charge in [-0.1, -0.05) is 18.3 Å². The van der Waals surface area contributed by atoms with Crippen LogP contribution in [0.2, 0.25) is 0 Å². The Kier molecular flexibility index (Phi) is 2.81. The zero-order chi connectivity index (χ0) is 11.0. The van der Waals surface area contributed by atoms with Gasteiger partial charge in [-0.15, -0.1) is 10.2 Å². The Labute approximate surface area is 99.4 Å². The molecule has 2 aliphatic rings. The summed E-state index contributed by atoms with van der Waals surface area (Å²) in [6.45, 7) is 2.16. The summed E-state index contributed by atoms with van der Waals surface area (Å²) in [6, 6.07) is 0.459. The van der Waals surface area contributed by atoms with Gasteiger partial charge >= 0.3 is 0 Å². The van der Waals surface area contributed by atoms with Crippen LogP contribution in [-0.2, 0) is 11.2 Å². The fraction of sp³-hybridized carbons (Fsp3) is 0.818. The van der Waals surface area contributed by atoms with Crippen LogP contribution in [0.1, 0.15) is 37.6 Å². The van der Waals surface area contributed by atoms with E-state index in [4.69, 9.17) is 4.74 Å². The summed E-state index contributed by atoms with van der Waals surface area (Å²) in [5.41, 5.74) is 0. The minimum Gasteiger partial charge on any atom is -0.373 e. The predicted molar refractivity (Wildman–Crippen MR) is 63.8 cm³/mol. The third-order valence-corrected chi connectivity index (χ3v) is 4.26. The van der Waals surface area contributed by atoms with Gasteiger partial charge in [-0.25, -0.2) is 0 Å². The molecule has 0 aliphatic carbocycles. The molecule has 0 radical (unpaired) electrons. The molecule has 2 saturated heterocycles. The van der Waals surface area contributed by atoms with E-state index in [9.17, 15) is 0 Å². The quantitative estimate of drug-likeness (QED) is 0.875. The lowest BCUT2D eigenvalue weighted by Crippen LogP contribution is -2.30. The van der Waals surface area contributed by atoms with Crippen LogP contribution in [0.25, 0.3) is 0 Å². The predicted octanol–water partition coefficient (Wildman–Crippen LogP) is 2.22. The molecule has 1 aromatic rings. The molecule has 0 saturated carbocycles. The highest BCUT2D eigenvalue weighted by atomic mass is 32.1. The number of nitrogens with one attached hydrogen (secondary N) is 1. The molecule has 0 amide bonds. The van der Waals surface area contributed by atoms with E-state index < -0.39 is 0 Å². The Bertz CT molecular complexity index is 368. The number of aromatic nitrogens is 2. The summed E-state index contributed by atoms with van der Waals surface area (Å²) in [4.78, 5) is 0. The smallest absolute Gasteiger partial charge is 0.205 e. The van der Waals surface area contributed by atoms with Crippen molar-refractivity contribution in [2.45, 2.75) is 57.3 Å². The highest BCUT2D eigenvalue weighted by molar-refractivity contribution is 7.15. The fourth-order valence-corrected chi connectivity index (χ4v) is 3.48. The first-order valence-corrected chi connectivity index (χ1v) is 6.91. The van der Waals surface area contributed by atoms with Crippen molar-refractivity contribution >= 4 is 16.5 Å². The summed E-state index contributed by atoms with van der Waals surface area (Å²) in [5.74, 6) is 0. The maximum absolute atomic E-state index is 5.81. The van der Waals surface area contributed by atoms with Gasteiger partial charge in [0.2, 0.25) is 5.13 Å². The van der Waals surface area contributed by atoms with Crippen LogP contribution in [0.15, 0.2) is 0 Å². The van der Waals surface area contributed by atoms with Crippen molar-refractivity contribution in [3.8, 4) is 0 Å². The highest BCUT2D eigenvalue weighted by Gasteiger charge is 2.41. The lowest BCUT2D eigenvalue weighted by Gasteiger charge is -2.18. The Hall–Kier alpha value is -0.680. The van der Waals surface area contributed by atoms with E-state index in [2.05, 4.69) is 22.4 Å². The van der Waals surface area contributed by atoms with Crippen molar-refractivity contribution in [3.05, 3.63) is 5.01 Å². The van der Waals surface area contributed by atoms with Gasteiger partial charge in [0, 0.05) is 6.42 Å². The molecule has 5 heteroatoms. The molecule has 3 rings (SSSR count). The minimum atomic E-state index is 0.406. The van der Waals surface area contributed by atoms with Crippen molar-refractivity contribution in [2.75, 3.05) is 5.32 Å². The molecule has 0 aromatic carbocycles. The van der Waals surface area contributed by atoms with E-state index >= 15 is 0 Å². The van der Waals surface area contributed by atoms with Gasteiger partial charge in [-0.3, -0.25) is 0 Å². The molecule has 2 bridgehead atoms. The number of ether oxygens (including phenoxy) is 1. The van der Waals surface area contributed by atoms with Crippen molar-refractivity contribution in [2.24, 2.45) is 0 Å². The van der Waals surface area contributed by atoms with Gasteiger partial charge in [-0.05, 0) is 25.7 Å². The van der Waals surface area contributed by atoms with Crippen LogP contribution in [0, 0.1) is 0 Å². The Morgan fingerprint density at radius 2 is 2.38 bits per heavy atom. The molecule has 2 fully saturated rings. The van der Waals surface area contributed by atoms with Crippen LogP contribution in [0.3, 0.4) is 0 Å². The molecule has 1 aromatic heterocycles. The average molecular weight is 239 g/mol. The summed E-state index contributed by atoms with van der Waals surface area (Å²) < 4.78 is 5.81. The first-order chi connectivity index (χ1) is 7.85.